The number of thioether (sulfide) groups is 1. The van der Waals surface area contributed by atoms with E-state index in [-0.39, 0.29) is 39.8 Å². The first-order valence-electron chi connectivity index (χ1n) is 14.5. The maximum absolute atomic E-state index is 12.5. The van der Waals surface area contributed by atoms with Crippen LogP contribution in [0.15, 0.2) is 11.1 Å². The second kappa shape index (κ2) is 15.5. The quantitative estimate of drug-likeness (QED) is 0.215. The van der Waals surface area contributed by atoms with E-state index in [0.29, 0.717) is 43.5 Å². The number of nitrogens with one attached hydrogen (secondary N) is 1. The number of H-pyrrole nitrogens is 1. The van der Waals surface area contributed by atoms with Crippen molar-refractivity contribution in [1.29, 1.82) is 0 Å². The first kappa shape index (κ1) is 35.0. The van der Waals surface area contributed by atoms with E-state index in [1.807, 2.05) is 27.7 Å². The molecule has 2 unspecified atom stereocenters. The number of fused-ring (bicyclic) bond motifs is 1. The third kappa shape index (κ3) is 8.59. The van der Waals surface area contributed by atoms with E-state index in [1.165, 1.54) is 11.8 Å². The Morgan fingerprint density at radius 2 is 1.88 bits per heavy atom. The molecule has 1 aliphatic rings. The van der Waals surface area contributed by atoms with Gasteiger partial charge in [0.15, 0.2) is 22.5 Å². The molecule has 1 N–H and O–H groups in total. The summed E-state index contributed by atoms with van der Waals surface area (Å²) in [6.45, 7) is 19.2. The molecule has 3 rings (SSSR count). The number of hydrogen-bond donors (Lipinski definition) is 1. The molecule has 3 heterocycles. The molecule has 1 aliphatic heterocycles. The highest BCUT2D eigenvalue weighted by atomic mass is 32.2. The summed E-state index contributed by atoms with van der Waals surface area (Å²) in [4.78, 5) is 36.1. The van der Waals surface area contributed by atoms with Crippen LogP contribution in [0.4, 0.5) is 0 Å². The molecular formula is C28H48N5O7PS. The lowest BCUT2D eigenvalue weighted by Crippen LogP contribution is -2.39. The number of ether oxygens (including phenoxy) is 3. The van der Waals surface area contributed by atoms with E-state index >= 15 is 0 Å². The molecule has 0 aliphatic carbocycles. The first-order valence-corrected chi connectivity index (χ1v) is 16.7. The maximum atomic E-state index is 12.5. The van der Waals surface area contributed by atoms with Crippen LogP contribution in [0.3, 0.4) is 0 Å². The van der Waals surface area contributed by atoms with Crippen LogP contribution in [0.5, 0.6) is 0 Å². The van der Waals surface area contributed by atoms with Crippen molar-refractivity contribution < 1.29 is 28.1 Å². The van der Waals surface area contributed by atoms with E-state index in [9.17, 15) is 9.59 Å². The van der Waals surface area contributed by atoms with Gasteiger partial charge in [0.25, 0.3) is 14.1 Å². The molecule has 0 saturated carbocycles. The maximum Gasteiger partial charge on any atom is 0.279 e. The fourth-order valence-corrected chi connectivity index (χ4v) is 7.35. The molecular weight excluding hydrogens is 581 g/mol. The van der Waals surface area contributed by atoms with Gasteiger partial charge in [0.2, 0.25) is 0 Å². The van der Waals surface area contributed by atoms with Crippen molar-refractivity contribution in [2.45, 2.75) is 105 Å². The first-order chi connectivity index (χ1) is 19.8. The van der Waals surface area contributed by atoms with Crippen molar-refractivity contribution in [3.8, 4) is 0 Å². The van der Waals surface area contributed by atoms with Crippen LogP contribution in [0, 0.1) is 12.3 Å². The van der Waals surface area contributed by atoms with Crippen molar-refractivity contribution in [3.05, 3.63) is 22.5 Å². The zero-order chi connectivity index (χ0) is 31.2. The summed E-state index contributed by atoms with van der Waals surface area (Å²) in [7, 11) is 0.115. The largest absolute Gasteiger partial charge is 0.378 e. The molecule has 12 nitrogen and oxygen atoms in total. The molecule has 42 heavy (non-hydrogen) atoms. The average Bonchev–Trinajstić information content (AvgIpc) is 3.47. The highest BCUT2D eigenvalue weighted by Gasteiger charge is 2.49. The van der Waals surface area contributed by atoms with Gasteiger partial charge in [-0.05, 0) is 41.0 Å². The van der Waals surface area contributed by atoms with Crippen LogP contribution in [0.2, 0.25) is 0 Å². The summed E-state index contributed by atoms with van der Waals surface area (Å²) in [5.41, 5.74) is 0.0121. The van der Waals surface area contributed by atoms with E-state index < -0.39 is 27.0 Å². The molecule has 14 heteroatoms. The third-order valence-corrected chi connectivity index (χ3v) is 10.1. The molecule has 238 valence electrons. The van der Waals surface area contributed by atoms with Crippen molar-refractivity contribution >= 4 is 36.6 Å². The second-order valence-electron chi connectivity index (χ2n) is 11.9. The van der Waals surface area contributed by atoms with Crippen molar-refractivity contribution in [3.63, 3.8) is 0 Å². The van der Waals surface area contributed by atoms with Crippen molar-refractivity contribution in [2.75, 3.05) is 32.7 Å². The minimum absolute atomic E-state index is 0.153. The lowest BCUT2D eigenvalue weighted by atomic mass is 10.00. The predicted molar refractivity (Wildman–Crippen MR) is 165 cm³/mol. The predicted octanol–water partition coefficient (Wildman–Crippen LogP) is 4.82. The lowest BCUT2D eigenvalue weighted by Gasteiger charge is -2.38. The number of carbonyl (C=O) groups excluding carboxylic acids is 1. The van der Waals surface area contributed by atoms with E-state index in [2.05, 4.69) is 47.3 Å². The summed E-state index contributed by atoms with van der Waals surface area (Å²) in [6.07, 6.45) is 0.417. The number of nitrogens with zero attached hydrogens (tertiary/aromatic N) is 4. The minimum Gasteiger partial charge on any atom is -0.378 e. The minimum atomic E-state index is -1.51. The molecule has 1 saturated heterocycles. The average molecular weight is 630 g/mol. The molecule has 2 aromatic rings. The van der Waals surface area contributed by atoms with Gasteiger partial charge in [-0.15, -0.1) is 0 Å². The Hall–Kier alpha value is -1.44. The Balaban J connectivity index is 1.74. The standard InChI is InChI=1S/C28H48N5O7PS/c1-11-20-22(23(36-10)26(39-20)32-16-29-21-24(32)30-19(6)31-25(21)34)40-41(33(17(2)3)18(4)5)38-13-12-37-14-15-42-27(35)28(7,8)9/h16-18,20,22-23,26H,11-15H2,1-10H3,(H,30,31,34)/t20-,22?,23+,26-,41?/m1/s1. The Kier molecular flexibility index (Phi) is 13.0. The fourth-order valence-electron chi connectivity index (χ4n) is 4.78. The zero-order valence-electron chi connectivity index (χ0n) is 26.6. The Morgan fingerprint density at radius 1 is 1.19 bits per heavy atom. The van der Waals surface area contributed by atoms with Crippen LogP contribution in [0.1, 0.15) is 73.9 Å². The highest BCUT2D eigenvalue weighted by molar-refractivity contribution is 8.13. The Labute approximate surface area is 254 Å². The number of hydrogen-bond acceptors (Lipinski definition) is 11. The number of methoxy groups -OCH3 is 1. The van der Waals surface area contributed by atoms with Gasteiger partial charge in [-0.1, -0.05) is 39.5 Å². The summed E-state index contributed by atoms with van der Waals surface area (Å²) >= 11 is 1.30. The summed E-state index contributed by atoms with van der Waals surface area (Å²) < 4.78 is 35.3. The van der Waals surface area contributed by atoms with Gasteiger partial charge in [-0.2, -0.15) is 0 Å². The van der Waals surface area contributed by atoms with Crippen molar-refractivity contribution in [2.24, 2.45) is 5.41 Å². The number of aromatic amines is 1. The number of imidazole rings is 1. The second-order valence-corrected chi connectivity index (χ2v) is 14.3. The fraction of sp³-hybridized carbons (Fsp3) is 0.786. The molecule has 0 aromatic carbocycles. The Bertz CT molecular complexity index is 1210. The van der Waals surface area contributed by atoms with Crippen molar-refractivity contribution in [1.82, 2.24) is 24.2 Å². The number of aromatic nitrogens is 4. The molecule has 0 spiro atoms. The van der Waals surface area contributed by atoms with Gasteiger partial charge in [-0.3, -0.25) is 14.2 Å². The third-order valence-electron chi connectivity index (χ3n) is 6.75. The molecule has 0 amide bonds. The smallest absolute Gasteiger partial charge is 0.279 e. The van der Waals surface area contributed by atoms with Crippen LogP contribution < -0.4 is 5.56 Å². The molecule has 0 radical (unpaired) electrons. The lowest BCUT2D eigenvalue weighted by molar-refractivity contribution is -0.117. The molecule has 5 atom stereocenters. The Morgan fingerprint density at radius 3 is 2.48 bits per heavy atom. The summed E-state index contributed by atoms with van der Waals surface area (Å²) in [6, 6.07) is 0.319. The summed E-state index contributed by atoms with van der Waals surface area (Å²) in [5, 5.41) is 0.153. The number of rotatable bonds is 15. The normalized spacial score (nSPS) is 22.2. The SMILES string of the molecule is CC[C@H]1O[C@@H](n2cnc3c(=O)[nH]c(C)nc32)[C@@H](OC)C1OP(OCCOCCSC(=O)C(C)(C)C)N(C(C)C)C(C)C. The van der Waals surface area contributed by atoms with Crippen LogP contribution in [-0.4, -0.2) is 92.4 Å². The highest BCUT2D eigenvalue weighted by Crippen LogP contribution is 2.50. The molecule has 1 fully saturated rings. The van der Waals surface area contributed by atoms with E-state index in [4.69, 9.17) is 23.3 Å². The van der Waals surface area contributed by atoms with Crippen LogP contribution >= 0.6 is 20.3 Å². The number of aryl methyl sites for hydroxylation is 1. The summed E-state index contributed by atoms with van der Waals surface area (Å²) in [5.74, 6) is 1.09. The van der Waals surface area contributed by atoms with Gasteiger partial charge in [0.1, 0.15) is 18.0 Å². The van der Waals surface area contributed by atoms with Crippen LogP contribution in [-0.2, 0) is 28.1 Å². The van der Waals surface area contributed by atoms with E-state index in [1.54, 1.807) is 24.9 Å². The van der Waals surface area contributed by atoms with Gasteiger partial charge in [0, 0.05) is 30.4 Å². The molecule has 2 aromatic heterocycles. The molecule has 0 bridgehead atoms. The van der Waals surface area contributed by atoms with Gasteiger partial charge >= 0.3 is 0 Å². The van der Waals surface area contributed by atoms with Gasteiger partial charge in [-0.25, -0.2) is 14.6 Å². The zero-order valence-corrected chi connectivity index (χ0v) is 28.3. The van der Waals surface area contributed by atoms with E-state index in [0.717, 1.165) is 0 Å². The van der Waals surface area contributed by atoms with Gasteiger partial charge in [0.05, 0.1) is 32.3 Å². The number of carbonyl (C=O) groups is 1. The van der Waals surface area contributed by atoms with Crippen LogP contribution in [0.25, 0.3) is 11.2 Å². The van der Waals surface area contributed by atoms with Gasteiger partial charge < -0.3 is 28.2 Å². The topological polar surface area (TPSA) is 130 Å². The monoisotopic (exact) mass is 629 g/mol.